The molecule has 3 rings (SSSR count). The number of nitrogens with zero attached hydrogens (tertiary/aromatic N) is 1. The molecule has 1 atom stereocenters. The number of piperidine rings is 1. The third kappa shape index (κ3) is 5.32. The van der Waals surface area contributed by atoms with Crippen LogP contribution >= 0.6 is 11.3 Å². The molecular formula is C21H27N3O2S. The van der Waals surface area contributed by atoms with Gasteiger partial charge in [0.05, 0.1) is 13.1 Å². The lowest BCUT2D eigenvalue weighted by Crippen LogP contribution is -2.39. The summed E-state index contributed by atoms with van der Waals surface area (Å²) >= 11 is 1.63. The molecule has 2 heterocycles. The van der Waals surface area contributed by atoms with E-state index in [0.29, 0.717) is 18.0 Å². The van der Waals surface area contributed by atoms with Crippen molar-refractivity contribution in [2.75, 3.05) is 25.0 Å². The van der Waals surface area contributed by atoms with Crippen LogP contribution in [0.4, 0.5) is 5.69 Å². The Hall–Kier alpha value is -2.34. The summed E-state index contributed by atoms with van der Waals surface area (Å²) in [5.74, 6) is 0.618. The molecule has 1 unspecified atom stereocenters. The Morgan fingerprint density at radius 1 is 1.30 bits per heavy atom. The maximum atomic E-state index is 12.7. The van der Waals surface area contributed by atoms with Gasteiger partial charge in [-0.3, -0.25) is 9.59 Å². The predicted octanol–water partition coefficient (Wildman–Crippen LogP) is 3.66. The summed E-state index contributed by atoms with van der Waals surface area (Å²) in [4.78, 5) is 27.8. The van der Waals surface area contributed by atoms with E-state index in [1.807, 2.05) is 47.5 Å². The van der Waals surface area contributed by atoms with Crippen LogP contribution in [0.25, 0.3) is 0 Å². The highest BCUT2D eigenvalue weighted by atomic mass is 32.1. The lowest BCUT2D eigenvalue weighted by molar-refractivity contribution is -0.119. The van der Waals surface area contributed by atoms with Crippen molar-refractivity contribution in [3.8, 4) is 0 Å². The number of likely N-dealkylation sites (tertiary alicyclic amines) is 1. The number of aryl methyl sites for hydroxylation is 1. The fourth-order valence-electron chi connectivity index (χ4n) is 3.39. The highest BCUT2D eigenvalue weighted by Gasteiger charge is 2.22. The summed E-state index contributed by atoms with van der Waals surface area (Å²) < 4.78 is 0. The van der Waals surface area contributed by atoms with Gasteiger partial charge in [0.2, 0.25) is 5.91 Å². The smallest absolute Gasteiger partial charge is 0.253 e. The molecule has 1 aliphatic rings. The number of amides is 2. The molecule has 1 fully saturated rings. The van der Waals surface area contributed by atoms with E-state index in [9.17, 15) is 9.59 Å². The second-order valence-corrected chi connectivity index (χ2v) is 8.27. The standard InChI is InChI=1S/C21H27N3O2S/c1-15-5-3-9-24(14-15)21(26)17-7-8-19(16(2)11-17)22-13-20(25)23-12-18-6-4-10-27-18/h4,6-8,10-11,15,22H,3,5,9,12-14H2,1-2H3,(H,23,25). The monoisotopic (exact) mass is 385 g/mol. The lowest BCUT2D eigenvalue weighted by Gasteiger charge is -2.31. The van der Waals surface area contributed by atoms with Crippen molar-refractivity contribution in [2.45, 2.75) is 33.2 Å². The third-order valence-electron chi connectivity index (χ3n) is 4.90. The Labute approximate surface area is 164 Å². The first kappa shape index (κ1) is 19.4. The third-order valence-corrected chi connectivity index (χ3v) is 5.77. The molecule has 5 nitrogen and oxygen atoms in total. The second-order valence-electron chi connectivity index (χ2n) is 7.24. The number of anilines is 1. The van der Waals surface area contributed by atoms with E-state index in [0.717, 1.165) is 35.6 Å². The zero-order chi connectivity index (χ0) is 19.2. The Balaban J connectivity index is 1.53. The van der Waals surface area contributed by atoms with Crippen LogP contribution in [0.5, 0.6) is 0 Å². The first-order valence-corrected chi connectivity index (χ1v) is 10.3. The van der Waals surface area contributed by atoms with Gasteiger partial charge in [0.25, 0.3) is 5.91 Å². The molecule has 1 aromatic carbocycles. The van der Waals surface area contributed by atoms with Crippen LogP contribution in [0.15, 0.2) is 35.7 Å². The molecule has 0 aliphatic carbocycles. The Bertz CT molecular complexity index is 789. The molecule has 0 bridgehead atoms. The molecule has 1 saturated heterocycles. The summed E-state index contributed by atoms with van der Waals surface area (Å²) in [5.41, 5.74) is 2.57. The number of benzene rings is 1. The molecule has 1 aliphatic heterocycles. The summed E-state index contributed by atoms with van der Waals surface area (Å²) in [6.07, 6.45) is 2.27. The van der Waals surface area contributed by atoms with Crippen molar-refractivity contribution in [3.05, 3.63) is 51.7 Å². The fourth-order valence-corrected chi connectivity index (χ4v) is 4.03. The van der Waals surface area contributed by atoms with E-state index in [1.54, 1.807) is 11.3 Å². The Kier molecular flexibility index (Phi) is 6.50. The van der Waals surface area contributed by atoms with Crippen molar-refractivity contribution in [2.24, 2.45) is 5.92 Å². The molecule has 144 valence electrons. The maximum Gasteiger partial charge on any atom is 0.253 e. The number of carbonyl (C=O) groups excluding carboxylic acids is 2. The van der Waals surface area contributed by atoms with Crippen molar-refractivity contribution >= 4 is 28.8 Å². The van der Waals surface area contributed by atoms with Gasteiger partial charge in [-0.15, -0.1) is 11.3 Å². The highest BCUT2D eigenvalue weighted by Crippen LogP contribution is 2.21. The number of rotatable bonds is 6. The van der Waals surface area contributed by atoms with Gasteiger partial charge in [0, 0.05) is 29.2 Å². The minimum absolute atomic E-state index is 0.0507. The highest BCUT2D eigenvalue weighted by molar-refractivity contribution is 7.09. The van der Waals surface area contributed by atoms with Gasteiger partial charge in [-0.2, -0.15) is 0 Å². The van der Waals surface area contributed by atoms with Gasteiger partial charge in [-0.25, -0.2) is 0 Å². The summed E-state index contributed by atoms with van der Waals surface area (Å²) in [5, 5.41) is 8.06. The van der Waals surface area contributed by atoms with E-state index in [-0.39, 0.29) is 18.4 Å². The van der Waals surface area contributed by atoms with E-state index in [2.05, 4.69) is 17.6 Å². The second kappa shape index (κ2) is 9.04. The van der Waals surface area contributed by atoms with Crippen molar-refractivity contribution < 1.29 is 9.59 Å². The minimum atomic E-state index is -0.0507. The zero-order valence-corrected chi connectivity index (χ0v) is 16.8. The Morgan fingerprint density at radius 3 is 2.85 bits per heavy atom. The molecular weight excluding hydrogens is 358 g/mol. The summed E-state index contributed by atoms with van der Waals surface area (Å²) in [6.45, 7) is 6.60. The van der Waals surface area contributed by atoms with Crippen molar-refractivity contribution in [1.29, 1.82) is 0 Å². The Morgan fingerprint density at radius 2 is 2.15 bits per heavy atom. The van der Waals surface area contributed by atoms with Gasteiger partial charge in [-0.1, -0.05) is 13.0 Å². The van der Waals surface area contributed by atoms with Crippen LogP contribution in [0.3, 0.4) is 0 Å². The summed E-state index contributed by atoms with van der Waals surface area (Å²) in [7, 11) is 0. The normalized spacial score (nSPS) is 16.8. The minimum Gasteiger partial charge on any atom is -0.376 e. The maximum absolute atomic E-state index is 12.7. The van der Waals surface area contributed by atoms with Crippen molar-refractivity contribution in [3.63, 3.8) is 0 Å². The van der Waals surface area contributed by atoms with Gasteiger partial charge in [0.15, 0.2) is 0 Å². The van der Waals surface area contributed by atoms with Gasteiger partial charge in [-0.05, 0) is 60.9 Å². The van der Waals surface area contributed by atoms with Gasteiger partial charge in [0.1, 0.15) is 0 Å². The lowest BCUT2D eigenvalue weighted by atomic mass is 9.99. The van der Waals surface area contributed by atoms with Crippen LogP contribution in [0.1, 0.15) is 40.6 Å². The molecule has 2 aromatic rings. The molecule has 2 N–H and O–H groups in total. The molecule has 2 amide bonds. The zero-order valence-electron chi connectivity index (χ0n) is 16.0. The van der Waals surface area contributed by atoms with E-state index >= 15 is 0 Å². The number of hydrogen-bond acceptors (Lipinski definition) is 4. The molecule has 6 heteroatoms. The van der Waals surface area contributed by atoms with Crippen LogP contribution in [0.2, 0.25) is 0 Å². The van der Waals surface area contributed by atoms with E-state index in [4.69, 9.17) is 0 Å². The van der Waals surface area contributed by atoms with Crippen LogP contribution in [0, 0.1) is 12.8 Å². The average Bonchev–Trinajstić information content (AvgIpc) is 3.18. The molecule has 0 saturated carbocycles. The number of hydrogen-bond donors (Lipinski definition) is 2. The molecule has 1 aromatic heterocycles. The molecule has 0 spiro atoms. The first-order chi connectivity index (χ1) is 13.0. The topological polar surface area (TPSA) is 61.4 Å². The quantitative estimate of drug-likeness (QED) is 0.798. The van der Waals surface area contributed by atoms with Crippen molar-refractivity contribution in [1.82, 2.24) is 10.2 Å². The van der Waals surface area contributed by atoms with Crippen LogP contribution < -0.4 is 10.6 Å². The average molecular weight is 386 g/mol. The first-order valence-electron chi connectivity index (χ1n) is 9.46. The summed E-state index contributed by atoms with van der Waals surface area (Å²) in [6, 6.07) is 9.62. The predicted molar refractivity (Wildman–Crippen MR) is 110 cm³/mol. The number of nitrogens with one attached hydrogen (secondary N) is 2. The number of carbonyl (C=O) groups is 2. The van der Waals surface area contributed by atoms with Gasteiger partial charge >= 0.3 is 0 Å². The molecule has 0 radical (unpaired) electrons. The fraction of sp³-hybridized carbons (Fsp3) is 0.429. The molecule has 27 heavy (non-hydrogen) atoms. The SMILES string of the molecule is Cc1cc(C(=O)N2CCCC(C)C2)ccc1NCC(=O)NCc1cccs1. The van der Waals surface area contributed by atoms with Crippen LogP contribution in [-0.4, -0.2) is 36.3 Å². The van der Waals surface area contributed by atoms with Gasteiger partial charge < -0.3 is 15.5 Å². The van der Waals surface area contributed by atoms with Crippen LogP contribution in [-0.2, 0) is 11.3 Å². The largest absolute Gasteiger partial charge is 0.376 e. The van der Waals surface area contributed by atoms with E-state index in [1.165, 1.54) is 6.42 Å². The van der Waals surface area contributed by atoms with E-state index < -0.39 is 0 Å². The number of thiophene rings is 1.